The van der Waals surface area contributed by atoms with Gasteiger partial charge in [0, 0.05) is 6.42 Å². The third kappa shape index (κ3) is 4.62. The number of fused-ring (bicyclic) bond motifs is 1. The molecule has 4 atom stereocenters. The molecule has 0 aromatic rings. The van der Waals surface area contributed by atoms with E-state index in [1.807, 2.05) is 6.92 Å². The summed E-state index contributed by atoms with van der Waals surface area (Å²) in [6.07, 6.45) is 6.24. The quantitative estimate of drug-likeness (QED) is 0.451. The number of hydrogen-bond acceptors (Lipinski definition) is 6. The Balaban J connectivity index is 2.38. The summed E-state index contributed by atoms with van der Waals surface area (Å²) in [6, 6.07) is 0. The molecule has 0 aromatic carbocycles. The van der Waals surface area contributed by atoms with Gasteiger partial charge in [-0.3, -0.25) is 4.79 Å². The van der Waals surface area contributed by atoms with Crippen molar-refractivity contribution < 1.29 is 29.3 Å². The van der Waals surface area contributed by atoms with Crippen LogP contribution in [0.25, 0.3) is 0 Å². The van der Waals surface area contributed by atoms with E-state index < -0.39 is 30.7 Å². The van der Waals surface area contributed by atoms with Gasteiger partial charge in [0.15, 0.2) is 0 Å². The first-order chi connectivity index (χ1) is 12.4. The van der Waals surface area contributed by atoms with E-state index in [9.17, 15) is 19.8 Å². The highest BCUT2D eigenvalue weighted by Gasteiger charge is 2.47. The third-order valence-electron chi connectivity index (χ3n) is 5.13. The largest absolute Gasteiger partial charge is 0.458 e. The SMILES string of the molecule is C/C=C(\CO)C(=O)O[C@H]1C/C(C)=C/CC/C(CO)=C/[C@H]2OC(=O)[C@H](C)[C@H]12. The fourth-order valence-corrected chi connectivity index (χ4v) is 3.54. The zero-order valence-corrected chi connectivity index (χ0v) is 15.6. The molecule has 1 aliphatic heterocycles. The first-order valence-corrected chi connectivity index (χ1v) is 9.04. The molecular formula is C20H28O6. The lowest BCUT2D eigenvalue weighted by Gasteiger charge is -2.29. The van der Waals surface area contributed by atoms with Crippen LogP contribution in [0.2, 0.25) is 0 Å². The van der Waals surface area contributed by atoms with Gasteiger partial charge in [-0.2, -0.15) is 0 Å². The first-order valence-electron chi connectivity index (χ1n) is 9.04. The van der Waals surface area contributed by atoms with Crippen LogP contribution in [0.3, 0.4) is 0 Å². The zero-order chi connectivity index (χ0) is 19.3. The monoisotopic (exact) mass is 364 g/mol. The van der Waals surface area contributed by atoms with Crippen LogP contribution in [0, 0.1) is 11.8 Å². The lowest BCUT2D eigenvalue weighted by atomic mass is 9.82. The maximum absolute atomic E-state index is 12.4. The van der Waals surface area contributed by atoms with E-state index in [1.54, 1.807) is 19.9 Å². The molecule has 0 unspecified atom stereocenters. The van der Waals surface area contributed by atoms with Crippen LogP contribution in [0.1, 0.15) is 40.0 Å². The number of esters is 2. The van der Waals surface area contributed by atoms with Crippen molar-refractivity contribution in [2.45, 2.75) is 52.2 Å². The highest BCUT2D eigenvalue weighted by molar-refractivity contribution is 5.88. The van der Waals surface area contributed by atoms with Crippen molar-refractivity contribution in [3.8, 4) is 0 Å². The van der Waals surface area contributed by atoms with Gasteiger partial charge < -0.3 is 19.7 Å². The topological polar surface area (TPSA) is 93.1 Å². The number of ether oxygens (including phenoxy) is 2. The number of aliphatic hydroxyl groups excluding tert-OH is 2. The van der Waals surface area contributed by atoms with Gasteiger partial charge in [0.1, 0.15) is 12.2 Å². The average Bonchev–Trinajstić information content (AvgIpc) is 2.88. The minimum absolute atomic E-state index is 0.0975. The number of hydrogen-bond donors (Lipinski definition) is 2. The Morgan fingerprint density at radius 3 is 2.77 bits per heavy atom. The molecule has 6 nitrogen and oxygen atoms in total. The summed E-state index contributed by atoms with van der Waals surface area (Å²) in [6.45, 7) is 4.90. The predicted octanol–water partition coefficient (Wildman–Crippen LogP) is 2.06. The summed E-state index contributed by atoms with van der Waals surface area (Å²) in [7, 11) is 0. The van der Waals surface area contributed by atoms with Crippen LogP contribution in [0.15, 0.2) is 34.9 Å². The van der Waals surface area contributed by atoms with E-state index in [2.05, 4.69) is 6.08 Å². The van der Waals surface area contributed by atoms with Gasteiger partial charge >= 0.3 is 11.9 Å². The molecule has 26 heavy (non-hydrogen) atoms. The molecule has 2 aliphatic rings. The number of aliphatic hydroxyl groups is 2. The highest BCUT2D eigenvalue weighted by atomic mass is 16.6. The molecular weight excluding hydrogens is 336 g/mol. The second-order valence-electron chi connectivity index (χ2n) is 6.96. The molecule has 1 heterocycles. The first kappa shape index (κ1) is 20.4. The number of carbonyl (C=O) groups excluding carboxylic acids is 2. The molecule has 0 bridgehead atoms. The standard InChI is InChI=1S/C20H28O6/c1-4-15(11-22)20(24)26-16-8-12(2)6-5-7-14(10-21)9-17-18(16)13(3)19(23)25-17/h4,6,9,13,16-18,21-22H,5,7-8,10-11H2,1-3H3/b12-6+,14-9-,15-4+/t13-,16+,17-,18-/m1/s1. The summed E-state index contributed by atoms with van der Waals surface area (Å²) in [5, 5.41) is 18.9. The van der Waals surface area contributed by atoms with Crippen LogP contribution in [0.4, 0.5) is 0 Å². The molecule has 6 heteroatoms. The Bertz CT molecular complexity index is 630. The smallest absolute Gasteiger partial charge is 0.336 e. The van der Waals surface area contributed by atoms with Gasteiger partial charge in [-0.1, -0.05) is 24.6 Å². The average molecular weight is 364 g/mol. The van der Waals surface area contributed by atoms with E-state index in [-0.39, 0.29) is 24.1 Å². The molecule has 0 aromatic heterocycles. The summed E-state index contributed by atoms with van der Waals surface area (Å²) < 4.78 is 11.2. The van der Waals surface area contributed by atoms with Gasteiger partial charge in [-0.25, -0.2) is 4.79 Å². The molecule has 1 fully saturated rings. The van der Waals surface area contributed by atoms with Crippen LogP contribution in [-0.2, 0) is 19.1 Å². The van der Waals surface area contributed by atoms with Crippen molar-refractivity contribution in [1.29, 1.82) is 0 Å². The lowest BCUT2D eigenvalue weighted by Crippen LogP contribution is -2.36. The van der Waals surface area contributed by atoms with Crippen molar-refractivity contribution in [3.63, 3.8) is 0 Å². The van der Waals surface area contributed by atoms with Crippen molar-refractivity contribution in [1.82, 2.24) is 0 Å². The third-order valence-corrected chi connectivity index (χ3v) is 5.13. The number of carbonyl (C=O) groups is 2. The lowest BCUT2D eigenvalue weighted by molar-refractivity contribution is -0.148. The molecule has 0 saturated carbocycles. The maximum atomic E-state index is 12.4. The van der Waals surface area contributed by atoms with Crippen molar-refractivity contribution >= 4 is 11.9 Å². The van der Waals surface area contributed by atoms with E-state index in [4.69, 9.17) is 9.47 Å². The highest BCUT2D eigenvalue weighted by Crippen LogP contribution is 2.37. The van der Waals surface area contributed by atoms with Gasteiger partial charge in [0.25, 0.3) is 0 Å². The van der Waals surface area contributed by atoms with Gasteiger partial charge in [-0.15, -0.1) is 0 Å². The minimum atomic E-state index is -0.582. The Hall–Kier alpha value is -1.92. The Morgan fingerprint density at radius 2 is 2.15 bits per heavy atom. The van der Waals surface area contributed by atoms with Crippen molar-refractivity contribution in [2.75, 3.05) is 13.2 Å². The summed E-state index contributed by atoms with van der Waals surface area (Å²) in [5.74, 6) is -1.68. The van der Waals surface area contributed by atoms with Crippen LogP contribution in [-0.4, -0.2) is 47.6 Å². The molecule has 144 valence electrons. The van der Waals surface area contributed by atoms with E-state index in [0.717, 1.165) is 17.6 Å². The maximum Gasteiger partial charge on any atom is 0.336 e. The predicted molar refractivity (Wildman–Crippen MR) is 96.0 cm³/mol. The zero-order valence-electron chi connectivity index (χ0n) is 15.6. The second-order valence-corrected chi connectivity index (χ2v) is 6.96. The molecule has 0 radical (unpaired) electrons. The van der Waals surface area contributed by atoms with E-state index >= 15 is 0 Å². The van der Waals surface area contributed by atoms with Crippen LogP contribution >= 0.6 is 0 Å². The molecule has 2 rings (SSSR count). The fraction of sp³-hybridized carbons (Fsp3) is 0.600. The minimum Gasteiger partial charge on any atom is -0.458 e. The van der Waals surface area contributed by atoms with Gasteiger partial charge in [0.2, 0.25) is 0 Å². The summed E-state index contributed by atoms with van der Waals surface area (Å²) in [4.78, 5) is 24.5. The van der Waals surface area contributed by atoms with Crippen LogP contribution < -0.4 is 0 Å². The number of rotatable bonds is 4. The molecule has 2 N–H and O–H groups in total. The van der Waals surface area contributed by atoms with Gasteiger partial charge in [-0.05, 0) is 38.3 Å². The molecule has 1 aliphatic carbocycles. The van der Waals surface area contributed by atoms with Crippen molar-refractivity contribution in [3.05, 3.63) is 34.9 Å². The Morgan fingerprint density at radius 1 is 1.42 bits per heavy atom. The molecule has 0 amide bonds. The van der Waals surface area contributed by atoms with Crippen molar-refractivity contribution in [2.24, 2.45) is 11.8 Å². The Kier molecular flexibility index (Phi) is 7.17. The normalized spacial score (nSPS) is 34.0. The van der Waals surface area contributed by atoms with Crippen LogP contribution in [0.5, 0.6) is 0 Å². The Labute approximate surface area is 154 Å². The second kappa shape index (κ2) is 9.14. The molecule has 1 saturated heterocycles. The van der Waals surface area contributed by atoms with Gasteiger partial charge in [0.05, 0.1) is 30.6 Å². The summed E-state index contributed by atoms with van der Waals surface area (Å²) >= 11 is 0. The fourth-order valence-electron chi connectivity index (χ4n) is 3.54. The number of allylic oxidation sites excluding steroid dienone is 2. The van der Waals surface area contributed by atoms with E-state index in [0.29, 0.717) is 12.8 Å². The van der Waals surface area contributed by atoms with E-state index in [1.165, 1.54) is 6.08 Å². The summed E-state index contributed by atoms with van der Waals surface area (Å²) in [5.41, 5.74) is 2.05. The molecule has 0 spiro atoms.